The highest BCUT2D eigenvalue weighted by molar-refractivity contribution is 5.76. The molecule has 4 heteroatoms. The van der Waals surface area contributed by atoms with Crippen LogP contribution in [0.25, 0.3) is 0 Å². The van der Waals surface area contributed by atoms with Gasteiger partial charge in [-0.05, 0) is 18.9 Å². The molecule has 0 amide bonds. The second-order valence-corrected chi connectivity index (χ2v) is 5.16. The maximum Gasteiger partial charge on any atom is 0.323 e. The van der Waals surface area contributed by atoms with Crippen molar-refractivity contribution in [1.82, 2.24) is 4.90 Å². The minimum absolute atomic E-state index is 0.250. The fourth-order valence-electron chi connectivity index (χ4n) is 2.54. The topological polar surface area (TPSA) is 49.8 Å². The van der Waals surface area contributed by atoms with Crippen LogP contribution in [0, 0.1) is 6.92 Å². The number of aliphatic hydroxyl groups excluding tert-OH is 1. The average molecular weight is 263 g/mol. The van der Waals surface area contributed by atoms with Crippen molar-refractivity contribution in [2.24, 2.45) is 0 Å². The summed E-state index contributed by atoms with van der Waals surface area (Å²) in [7, 11) is 1.39. The summed E-state index contributed by atoms with van der Waals surface area (Å²) in [5, 5.41) is 9.70. The van der Waals surface area contributed by atoms with E-state index < -0.39 is 6.10 Å². The molecule has 2 rings (SSSR count). The Morgan fingerprint density at radius 1 is 1.42 bits per heavy atom. The number of ether oxygens (including phenoxy) is 1. The van der Waals surface area contributed by atoms with E-state index in [1.54, 1.807) is 0 Å². The first-order chi connectivity index (χ1) is 9.10. The van der Waals surface area contributed by atoms with Crippen LogP contribution in [0.3, 0.4) is 0 Å². The summed E-state index contributed by atoms with van der Waals surface area (Å²) < 4.78 is 4.79. The molecule has 1 aromatic carbocycles. The van der Waals surface area contributed by atoms with Gasteiger partial charge in [-0.2, -0.15) is 0 Å². The highest BCUT2D eigenvalue weighted by atomic mass is 16.5. The van der Waals surface area contributed by atoms with Crippen LogP contribution >= 0.6 is 0 Å². The van der Waals surface area contributed by atoms with Gasteiger partial charge in [0.2, 0.25) is 0 Å². The molecule has 1 fully saturated rings. The Kier molecular flexibility index (Phi) is 4.56. The molecule has 1 saturated heterocycles. The lowest BCUT2D eigenvalue weighted by molar-refractivity contribution is -0.145. The van der Waals surface area contributed by atoms with E-state index in [-0.39, 0.29) is 12.0 Å². The van der Waals surface area contributed by atoms with Crippen LogP contribution in [0.15, 0.2) is 24.3 Å². The van der Waals surface area contributed by atoms with Crippen LogP contribution in [0.5, 0.6) is 0 Å². The van der Waals surface area contributed by atoms with E-state index in [1.165, 1.54) is 18.2 Å². The van der Waals surface area contributed by atoms with E-state index in [4.69, 9.17) is 4.74 Å². The van der Waals surface area contributed by atoms with Gasteiger partial charge in [-0.25, -0.2) is 0 Å². The molecule has 0 saturated carbocycles. The summed E-state index contributed by atoms with van der Waals surface area (Å²) in [6, 6.07) is 8.09. The lowest BCUT2D eigenvalue weighted by atomic mass is 10.1. The van der Waals surface area contributed by atoms with Gasteiger partial charge in [-0.3, -0.25) is 9.69 Å². The molecule has 0 aliphatic carbocycles. The Balaban J connectivity index is 1.93. The van der Waals surface area contributed by atoms with Crippen molar-refractivity contribution >= 4 is 5.97 Å². The zero-order valence-electron chi connectivity index (χ0n) is 11.5. The number of benzene rings is 1. The van der Waals surface area contributed by atoms with Gasteiger partial charge in [0.25, 0.3) is 0 Å². The Bertz CT molecular complexity index is 430. The Morgan fingerprint density at radius 3 is 2.74 bits per heavy atom. The maximum absolute atomic E-state index is 11.7. The highest BCUT2D eigenvalue weighted by Crippen LogP contribution is 2.19. The first-order valence-electron chi connectivity index (χ1n) is 6.65. The van der Waals surface area contributed by atoms with E-state index in [0.29, 0.717) is 13.0 Å². The van der Waals surface area contributed by atoms with Crippen LogP contribution in [0.2, 0.25) is 0 Å². The zero-order chi connectivity index (χ0) is 13.8. The third kappa shape index (κ3) is 3.55. The number of aliphatic hydroxyl groups is 1. The van der Waals surface area contributed by atoms with E-state index >= 15 is 0 Å². The van der Waals surface area contributed by atoms with E-state index in [9.17, 15) is 9.90 Å². The van der Waals surface area contributed by atoms with Gasteiger partial charge in [-0.15, -0.1) is 0 Å². The van der Waals surface area contributed by atoms with Crippen molar-refractivity contribution < 1.29 is 14.6 Å². The largest absolute Gasteiger partial charge is 0.468 e. The number of likely N-dealkylation sites (tertiary alicyclic amines) is 1. The Morgan fingerprint density at radius 2 is 2.11 bits per heavy atom. The molecule has 0 spiro atoms. The molecule has 0 bridgehead atoms. The molecule has 0 radical (unpaired) electrons. The molecular weight excluding hydrogens is 242 g/mol. The van der Waals surface area contributed by atoms with Crippen LogP contribution in [0.4, 0.5) is 0 Å². The molecule has 104 valence electrons. The molecule has 4 nitrogen and oxygen atoms in total. The predicted molar refractivity (Wildman–Crippen MR) is 72.9 cm³/mol. The standard InChI is InChI=1S/C15H21NO3/c1-11-3-5-12(6-4-11)7-8-16-10-13(17)9-14(16)15(18)19-2/h3-6,13-14,17H,7-10H2,1-2H3/t13-,14+/m1/s1. The molecule has 0 aromatic heterocycles. The second kappa shape index (κ2) is 6.17. The van der Waals surface area contributed by atoms with E-state index in [0.717, 1.165) is 13.0 Å². The number of rotatable bonds is 4. The van der Waals surface area contributed by atoms with Gasteiger partial charge in [0, 0.05) is 19.5 Å². The van der Waals surface area contributed by atoms with Gasteiger partial charge in [0.15, 0.2) is 0 Å². The fourth-order valence-corrected chi connectivity index (χ4v) is 2.54. The van der Waals surface area contributed by atoms with Gasteiger partial charge in [0.05, 0.1) is 13.2 Å². The third-order valence-corrected chi connectivity index (χ3v) is 3.66. The molecule has 2 atom stereocenters. The fraction of sp³-hybridized carbons (Fsp3) is 0.533. The van der Waals surface area contributed by atoms with Crippen molar-refractivity contribution in [3.63, 3.8) is 0 Å². The quantitative estimate of drug-likeness (QED) is 0.828. The number of β-amino-alcohol motifs (C(OH)–C–C–N with tert-alkyl or cyclic N) is 1. The summed E-state index contributed by atoms with van der Waals surface area (Å²) in [6.07, 6.45) is 0.920. The SMILES string of the molecule is COC(=O)[C@@H]1C[C@@H](O)CN1CCc1ccc(C)cc1. The monoisotopic (exact) mass is 263 g/mol. The number of carbonyl (C=O) groups excluding carboxylic acids is 1. The number of nitrogens with zero attached hydrogens (tertiary/aromatic N) is 1. The summed E-state index contributed by atoms with van der Waals surface area (Å²) >= 11 is 0. The molecule has 1 aromatic rings. The molecule has 19 heavy (non-hydrogen) atoms. The van der Waals surface area contributed by atoms with Crippen LogP contribution in [-0.2, 0) is 16.0 Å². The Labute approximate surface area is 114 Å². The molecule has 1 aliphatic rings. The van der Waals surface area contributed by atoms with Crippen molar-refractivity contribution in [2.75, 3.05) is 20.2 Å². The van der Waals surface area contributed by atoms with Crippen LogP contribution in [-0.4, -0.2) is 48.3 Å². The van der Waals surface area contributed by atoms with Gasteiger partial charge in [0.1, 0.15) is 6.04 Å². The highest BCUT2D eigenvalue weighted by Gasteiger charge is 2.36. The Hall–Kier alpha value is -1.39. The van der Waals surface area contributed by atoms with Gasteiger partial charge in [-0.1, -0.05) is 29.8 Å². The summed E-state index contributed by atoms with van der Waals surface area (Å²) in [5.41, 5.74) is 2.49. The number of methoxy groups -OCH3 is 1. The molecule has 0 unspecified atom stereocenters. The van der Waals surface area contributed by atoms with Crippen molar-refractivity contribution in [3.05, 3.63) is 35.4 Å². The van der Waals surface area contributed by atoms with Crippen molar-refractivity contribution in [3.8, 4) is 0 Å². The second-order valence-electron chi connectivity index (χ2n) is 5.16. The van der Waals surface area contributed by atoms with Crippen LogP contribution < -0.4 is 0 Å². The lowest BCUT2D eigenvalue weighted by Gasteiger charge is -2.21. The minimum Gasteiger partial charge on any atom is -0.468 e. The zero-order valence-corrected chi connectivity index (χ0v) is 11.5. The number of carbonyl (C=O) groups is 1. The molecule has 1 heterocycles. The lowest BCUT2D eigenvalue weighted by Crippen LogP contribution is -2.38. The molecular formula is C15H21NO3. The smallest absolute Gasteiger partial charge is 0.323 e. The van der Waals surface area contributed by atoms with E-state index in [1.807, 2.05) is 4.90 Å². The predicted octanol–water partition coefficient (Wildman–Crippen LogP) is 1.15. The minimum atomic E-state index is -0.429. The summed E-state index contributed by atoms with van der Waals surface area (Å²) in [5.74, 6) is -0.250. The number of aryl methyl sites for hydroxylation is 1. The van der Waals surface area contributed by atoms with Crippen molar-refractivity contribution in [1.29, 1.82) is 0 Å². The van der Waals surface area contributed by atoms with Gasteiger partial charge >= 0.3 is 5.97 Å². The number of hydrogen-bond donors (Lipinski definition) is 1. The third-order valence-electron chi connectivity index (χ3n) is 3.66. The number of hydrogen-bond acceptors (Lipinski definition) is 4. The van der Waals surface area contributed by atoms with Gasteiger partial charge < -0.3 is 9.84 Å². The molecule has 1 N–H and O–H groups in total. The summed E-state index contributed by atoms with van der Waals surface area (Å²) in [6.45, 7) is 3.37. The maximum atomic E-state index is 11.7. The van der Waals surface area contributed by atoms with Crippen LogP contribution in [0.1, 0.15) is 17.5 Å². The van der Waals surface area contributed by atoms with E-state index in [2.05, 4.69) is 31.2 Å². The molecule has 1 aliphatic heterocycles. The first-order valence-corrected chi connectivity index (χ1v) is 6.65. The summed E-state index contributed by atoms with van der Waals surface area (Å²) in [4.78, 5) is 13.7. The normalized spacial score (nSPS) is 23.5. The van der Waals surface area contributed by atoms with Crippen molar-refractivity contribution in [2.45, 2.75) is 31.9 Å². The first kappa shape index (κ1) is 14.0. The number of esters is 1. The average Bonchev–Trinajstić information content (AvgIpc) is 2.78.